The van der Waals surface area contributed by atoms with Crippen molar-refractivity contribution in [3.63, 3.8) is 0 Å². The lowest BCUT2D eigenvalue weighted by molar-refractivity contribution is -0.124. The van der Waals surface area contributed by atoms with E-state index in [4.69, 9.17) is 4.74 Å². The quantitative estimate of drug-likeness (QED) is 0.537. The van der Waals surface area contributed by atoms with E-state index in [2.05, 4.69) is 10.1 Å². The monoisotopic (exact) mass is 453 g/mol. The van der Waals surface area contributed by atoms with Crippen molar-refractivity contribution in [1.29, 1.82) is 0 Å². The van der Waals surface area contributed by atoms with Crippen LogP contribution >= 0.6 is 22.6 Å². The summed E-state index contributed by atoms with van der Waals surface area (Å²) < 4.78 is 10.4. The Bertz CT molecular complexity index is 773. The maximum atomic E-state index is 11.9. The molecule has 0 saturated heterocycles. The Balaban J connectivity index is 1.80. The van der Waals surface area contributed by atoms with Crippen LogP contribution < -0.4 is 5.32 Å². The van der Waals surface area contributed by atoms with Crippen LogP contribution in [0.4, 0.5) is 0 Å². The Kier molecular flexibility index (Phi) is 6.93. The van der Waals surface area contributed by atoms with Crippen molar-refractivity contribution in [3.8, 4) is 0 Å². The molecule has 0 atom stereocenters. The second-order valence-corrected chi connectivity index (χ2v) is 6.18. The number of carbonyl (C=O) groups is 3. The first-order valence-corrected chi connectivity index (χ1v) is 8.44. The first-order valence-electron chi connectivity index (χ1n) is 7.37. The Morgan fingerprint density at radius 3 is 2.32 bits per heavy atom. The van der Waals surface area contributed by atoms with Crippen molar-refractivity contribution in [2.45, 2.75) is 6.54 Å². The van der Waals surface area contributed by atoms with Crippen molar-refractivity contribution in [2.24, 2.45) is 0 Å². The molecule has 0 aliphatic heterocycles. The summed E-state index contributed by atoms with van der Waals surface area (Å²) in [6, 6.07) is 13.6. The van der Waals surface area contributed by atoms with E-state index in [-0.39, 0.29) is 13.2 Å². The average Bonchev–Trinajstić information content (AvgIpc) is 2.64. The van der Waals surface area contributed by atoms with Crippen LogP contribution in [0.3, 0.4) is 0 Å². The topological polar surface area (TPSA) is 81.7 Å². The molecule has 2 aromatic carbocycles. The van der Waals surface area contributed by atoms with Crippen molar-refractivity contribution in [3.05, 3.63) is 68.8 Å². The highest BCUT2D eigenvalue weighted by Crippen LogP contribution is 2.12. The van der Waals surface area contributed by atoms with Gasteiger partial charge >= 0.3 is 11.9 Å². The fourth-order valence-corrected chi connectivity index (χ4v) is 2.57. The number of ether oxygens (including phenoxy) is 2. The van der Waals surface area contributed by atoms with Crippen molar-refractivity contribution in [2.75, 3.05) is 13.7 Å². The van der Waals surface area contributed by atoms with Crippen LogP contribution in [0, 0.1) is 3.57 Å². The van der Waals surface area contributed by atoms with Gasteiger partial charge in [0.2, 0.25) is 0 Å². The largest absolute Gasteiger partial charge is 0.465 e. The van der Waals surface area contributed by atoms with Gasteiger partial charge in [-0.25, -0.2) is 9.59 Å². The van der Waals surface area contributed by atoms with Crippen LogP contribution in [0.1, 0.15) is 26.3 Å². The molecule has 130 valence electrons. The minimum absolute atomic E-state index is 0.265. The summed E-state index contributed by atoms with van der Waals surface area (Å²) in [5.41, 5.74) is 1.67. The summed E-state index contributed by atoms with van der Waals surface area (Å²) in [6.45, 7) is -0.0925. The van der Waals surface area contributed by atoms with Gasteiger partial charge in [-0.3, -0.25) is 4.79 Å². The molecule has 0 heterocycles. The number of amides is 1. The van der Waals surface area contributed by atoms with Crippen molar-refractivity contribution < 1.29 is 23.9 Å². The molecule has 0 radical (unpaired) electrons. The highest BCUT2D eigenvalue weighted by molar-refractivity contribution is 14.1. The number of halogens is 1. The van der Waals surface area contributed by atoms with Gasteiger partial charge in [0.05, 0.1) is 18.2 Å². The van der Waals surface area contributed by atoms with Gasteiger partial charge in [-0.15, -0.1) is 0 Å². The molecule has 1 amide bonds. The van der Waals surface area contributed by atoms with Crippen LogP contribution in [0.25, 0.3) is 0 Å². The third-order valence-corrected chi connectivity index (χ3v) is 4.23. The summed E-state index contributed by atoms with van der Waals surface area (Å²) in [4.78, 5) is 35.1. The van der Waals surface area contributed by atoms with Gasteiger partial charge in [-0.1, -0.05) is 24.3 Å². The number of hydrogen-bond donors (Lipinski definition) is 1. The molecule has 0 unspecified atom stereocenters. The number of carbonyl (C=O) groups excluding carboxylic acids is 3. The third kappa shape index (κ3) is 5.56. The zero-order valence-corrected chi connectivity index (χ0v) is 15.6. The number of methoxy groups -OCH3 is 1. The van der Waals surface area contributed by atoms with Crippen molar-refractivity contribution in [1.82, 2.24) is 5.32 Å². The molecule has 0 bridgehead atoms. The molecular weight excluding hydrogens is 437 g/mol. The van der Waals surface area contributed by atoms with Gasteiger partial charge in [-0.2, -0.15) is 0 Å². The molecule has 0 aromatic heterocycles. The standard InChI is InChI=1S/C18H16INO5/c1-24-17(22)13-8-6-12(7-9-13)10-20-16(21)11-25-18(23)14-4-2-3-5-15(14)19/h2-9H,10-11H2,1H3,(H,20,21). The molecule has 0 aliphatic carbocycles. The maximum Gasteiger partial charge on any atom is 0.339 e. The Hall–Kier alpha value is -2.42. The molecule has 6 nitrogen and oxygen atoms in total. The molecule has 2 rings (SSSR count). The van der Waals surface area contributed by atoms with Gasteiger partial charge in [0.1, 0.15) is 0 Å². The molecular formula is C18H16INO5. The zero-order valence-electron chi connectivity index (χ0n) is 13.5. The third-order valence-electron chi connectivity index (χ3n) is 3.29. The fraction of sp³-hybridized carbons (Fsp3) is 0.167. The Labute approximate surface area is 158 Å². The van der Waals surface area contributed by atoms with E-state index < -0.39 is 17.8 Å². The Morgan fingerprint density at radius 1 is 1.00 bits per heavy atom. The van der Waals surface area contributed by atoms with Gasteiger partial charge in [0.25, 0.3) is 5.91 Å². The van der Waals surface area contributed by atoms with E-state index >= 15 is 0 Å². The summed E-state index contributed by atoms with van der Waals surface area (Å²) in [5.74, 6) is -1.36. The predicted molar refractivity (Wildman–Crippen MR) is 99.1 cm³/mol. The van der Waals surface area contributed by atoms with E-state index in [0.717, 1.165) is 9.13 Å². The first-order chi connectivity index (χ1) is 12.0. The molecule has 0 spiro atoms. The molecule has 0 saturated carbocycles. The minimum Gasteiger partial charge on any atom is -0.465 e. The first kappa shape index (κ1) is 18.9. The number of esters is 2. The molecule has 2 aromatic rings. The average molecular weight is 453 g/mol. The summed E-state index contributed by atoms with van der Waals surface area (Å²) in [6.07, 6.45) is 0. The van der Waals surface area contributed by atoms with Crippen molar-refractivity contribution >= 4 is 40.4 Å². The highest BCUT2D eigenvalue weighted by atomic mass is 127. The second-order valence-electron chi connectivity index (χ2n) is 5.02. The van der Waals surface area contributed by atoms with E-state index in [1.807, 2.05) is 28.7 Å². The zero-order chi connectivity index (χ0) is 18.2. The van der Waals surface area contributed by atoms with Gasteiger partial charge in [-0.05, 0) is 52.4 Å². The Morgan fingerprint density at radius 2 is 1.68 bits per heavy atom. The van der Waals surface area contributed by atoms with Gasteiger partial charge in [0, 0.05) is 10.1 Å². The van der Waals surface area contributed by atoms with Crippen LogP contribution in [0.2, 0.25) is 0 Å². The molecule has 1 N–H and O–H groups in total. The highest BCUT2D eigenvalue weighted by Gasteiger charge is 2.12. The molecule has 25 heavy (non-hydrogen) atoms. The predicted octanol–water partition coefficient (Wildman–Crippen LogP) is 2.55. The van der Waals surface area contributed by atoms with E-state index in [1.54, 1.807) is 42.5 Å². The fourth-order valence-electron chi connectivity index (χ4n) is 1.96. The second kappa shape index (κ2) is 9.16. The smallest absolute Gasteiger partial charge is 0.339 e. The van der Waals surface area contributed by atoms with Crippen LogP contribution in [-0.4, -0.2) is 31.6 Å². The van der Waals surface area contributed by atoms with Crippen LogP contribution in [0.15, 0.2) is 48.5 Å². The van der Waals surface area contributed by atoms with Crippen LogP contribution in [-0.2, 0) is 20.8 Å². The lowest BCUT2D eigenvalue weighted by Crippen LogP contribution is -2.28. The van der Waals surface area contributed by atoms with Gasteiger partial charge in [0.15, 0.2) is 6.61 Å². The summed E-state index contributed by atoms with van der Waals surface area (Å²) >= 11 is 2.03. The number of hydrogen-bond acceptors (Lipinski definition) is 5. The van der Waals surface area contributed by atoms with E-state index in [0.29, 0.717) is 11.1 Å². The maximum absolute atomic E-state index is 11.9. The minimum atomic E-state index is -0.539. The summed E-state index contributed by atoms with van der Waals surface area (Å²) in [5, 5.41) is 2.65. The lowest BCUT2D eigenvalue weighted by Gasteiger charge is -2.08. The van der Waals surface area contributed by atoms with E-state index in [1.165, 1.54) is 7.11 Å². The number of nitrogens with one attached hydrogen (secondary N) is 1. The summed E-state index contributed by atoms with van der Waals surface area (Å²) in [7, 11) is 1.31. The van der Waals surface area contributed by atoms with Gasteiger partial charge < -0.3 is 14.8 Å². The SMILES string of the molecule is COC(=O)c1ccc(CNC(=O)COC(=O)c2ccccc2I)cc1. The molecule has 0 aliphatic rings. The van der Waals surface area contributed by atoms with E-state index in [9.17, 15) is 14.4 Å². The normalized spacial score (nSPS) is 10.0. The number of benzene rings is 2. The lowest BCUT2D eigenvalue weighted by atomic mass is 10.1. The van der Waals surface area contributed by atoms with Crippen LogP contribution in [0.5, 0.6) is 0 Å². The molecule has 0 fully saturated rings. The molecule has 7 heteroatoms. The number of rotatable bonds is 6.